The fourth-order valence-electron chi connectivity index (χ4n) is 2.66. The lowest BCUT2D eigenvalue weighted by Gasteiger charge is -2.05. The molecule has 0 unspecified atom stereocenters. The van der Waals surface area contributed by atoms with Gasteiger partial charge in [-0.05, 0) is 36.2 Å². The molecule has 0 saturated heterocycles. The summed E-state index contributed by atoms with van der Waals surface area (Å²) in [5, 5.41) is 14.6. The van der Waals surface area contributed by atoms with Crippen LogP contribution in [0, 0.1) is 10.1 Å². The summed E-state index contributed by atoms with van der Waals surface area (Å²) in [5.41, 5.74) is 2.24. The third-order valence-electron chi connectivity index (χ3n) is 3.97. The molecule has 2 N–H and O–H groups in total. The van der Waals surface area contributed by atoms with Gasteiger partial charge in [0.15, 0.2) is 0 Å². The van der Waals surface area contributed by atoms with Gasteiger partial charge in [0.05, 0.1) is 12.0 Å². The van der Waals surface area contributed by atoms with E-state index < -0.39 is 4.92 Å². The number of ether oxygens (including phenoxy) is 1. The second kappa shape index (κ2) is 7.04. The molecular weight excluding hydrogens is 322 g/mol. The van der Waals surface area contributed by atoms with Gasteiger partial charge in [-0.2, -0.15) is 0 Å². The number of nitro groups is 1. The van der Waals surface area contributed by atoms with Crippen molar-refractivity contribution >= 4 is 22.5 Å². The molecule has 0 aliphatic heterocycles. The molecule has 7 heteroatoms. The van der Waals surface area contributed by atoms with Crippen molar-refractivity contribution in [3.8, 4) is 5.75 Å². The van der Waals surface area contributed by atoms with Crippen molar-refractivity contribution in [1.29, 1.82) is 0 Å². The van der Waals surface area contributed by atoms with E-state index >= 15 is 0 Å². The molecule has 2 aromatic carbocycles. The van der Waals surface area contributed by atoms with E-state index in [1.807, 2.05) is 24.4 Å². The number of hydrogen-bond donors (Lipinski definition) is 2. The largest absolute Gasteiger partial charge is 0.497 e. The molecule has 1 amide bonds. The van der Waals surface area contributed by atoms with Gasteiger partial charge in [0.1, 0.15) is 5.75 Å². The van der Waals surface area contributed by atoms with Crippen LogP contribution in [0.15, 0.2) is 48.7 Å². The molecule has 0 aliphatic rings. The first-order valence-electron chi connectivity index (χ1n) is 7.75. The number of nitrogens with one attached hydrogen (secondary N) is 2. The van der Waals surface area contributed by atoms with Crippen molar-refractivity contribution in [3.63, 3.8) is 0 Å². The van der Waals surface area contributed by atoms with Crippen LogP contribution in [0.1, 0.15) is 15.9 Å². The SMILES string of the molecule is COc1ccc2[nH]cc(CCNC(=O)c3cccc([N+](=O)[O-])c3)c2c1. The Morgan fingerprint density at radius 1 is 1.28 bits per heavy atom. The molecular formula is C18H17N3O4. The Balaban J connectivity index is 1.66. The third kappa shape index (κ3) is 3.60. The van der Waals surface area contributed by atoms with Gasteiger partial charge in [0.2, 0.25) is 0 Å². The molecule has 1 heterocycles. The van der Waals surface area contributed by atoms with E-state index in [4.69, 9.17) is 4.74 Å². The monoisotopic (exact) mass is 339 g/mol. The van der Waals surface area contributed by atoms with Crippen molar-refractivity contribution in [1.82, 2.24) is 10.3 Å². The third-order valence-corrected chi connectivity index (χ3v) is 3.97. The first kappa shape index (κ1) is 16.5. The maximum Gasteiger partial charge on any atom is 0.270 e. The smallest absolute Gasteiger partial charge is 0.270 e. The lowest BCUT2D eigenvalue weighted by Crippen LogP contribution is -2.25. The molecule has 0 fully saturated rings. The summed E-state index contributed by atoms with van der Waals surface area (Å²) in [6.07, 6.45) is 2.54. The maximum atomic E-state index is 12.2. The number of carbonyl (C=O) groups excluding carboxylic acids is 1. The van der Waals surface area contributed by atoms with E-state index in [-0.39, 0.29) is 17.2 Å². The van der Waals surface area contributed by atoms with Crippen LogP contribution in [-0.2, 0) is 6.42 Å². The molecule has 3 rings (SSSR count). The number of amides is 1. The number of methoxy groups -OCH3 is 1. The van der Waals surface area contributed by atoms with Crippen molar-refractivity contribution in [2.45, 2.75) is 6.42 Å². The minimum Gasteiger partial charge on any atom is -0.497 e. The molecule has 0 saturated carbocycles. The second-order valence-corrected chi connectivity index (χ2v) is 5.54. The average Bonchev–Trinajstić information content (AvgIpc) is 3.04. The molecule has 25 heavy (non-hydrogen) atoms. The number of aromatic nitrogens is 1. The Hall–Kier alpha value is -3.35. The number of aromatic amines is 1. The molecule has 0 aliphatic carbocycles. The van der Waals surface area contributed by atoms with Crippen molar-refractivity contribution < 1.29 is 14.5 Å². The Labute approximate surface area is 143 Å². The zero-order chi connectivity index (χ0) is 17.8. The van der Waals surface area contributed by atoms with Crippen LogP contribution in [0.25, 0.3) is 10.9 Å². The molecule has 7 nitrogen and oxygen atoms in total. The molecule has 0 bridgehead atoms. The topological polar surface area (TPSA) is 97.3 Å². The highest BCUT2D eigenvalue weighted by Gasteiger charge is 2.11. The zero-order valence-corrected chi connectivity index (χ0v) is 13.6. The summed E-state index contributed by atoms with van der Waals surface area (Å²) in [5.74, 6) is 0.440. The molecule has 3 aromatic rings. The first-order chi connectivity index (χ1) is 12.1. The predicted octanol–water partition coefficient (Wildman–Crippen LogP) is 3.06. The highest BCUT2D eigenvalue weighted by atomic mass is 16.6. The van der Waals surface area contributed by atoms with E-state index in [0.29, 0.717) is 13.0 Å². The van der Waals surface area contributed by atoms with Crippen LogP contribution < -0.4 is 10.1 Å². The van der Waals surface area contributed by atoms with Crippen LogP contribution in [0.4, 0.5) is 5.69 Å². The van der Waals surface area contributed by atoms with Crippen molar-refractivity contribution in [3.05, 3.63) is 69.9 Å². The second-order valence-electron chi connectivity index (χ2n) is 5.54. The highest BCUT2D eigenvalue weighted by Crippen LogP contribution is 2.23. The fraction of sp³-hybridized carbons (Fsp3) is 0.167. The van der Waals surface area contributed by atoms with Gasteiger partial charge in [-0.15, -0.1) is 0 Å². The molecule has 128 valence electrons. The van der Waals surface area contributed by atoms with Gasteiger partial charge in [0, 0.05) is 41.3 Å². The Morgan fingerprint density at radius 2 is 2.12 bits per heavy atom. The normalized spacial score (nSPS) is 10.6. The van der Waals surface area contributed by atoms with Crippen LogP contribution in [-0.4, -0.2) is 29.5 Å². The standard InChI is InChI=1S/C18H17N3O4/c1-25-15-5-6-17-16(10-15)13(11-20-17)7-8-19-18(22)12-3-2-4-14(9-12)21(23)24/h2-6,9-11,20H,7-8H2,1H3,(H,19,22). The van der Waals surface area contributed by atoms with Crippen molar-refractivity contribution in [2.75, 3.05) is 13.7 Å². The summed E-state index contributed by atoms with van der Waals surface area (Å²) in [7, 11) is 1.62. The Bertz CT molecular complexity index is 933. The van der Waals surface area contributed by atoms with Gasteiger partial charge in [0.25, 0.3) is 11.6 Å². The van der Waals surface area contributed by atoms with Crippen LogP contribution in [0.3, 0.4) is 0 Å². The predicted molar refractivity (Wildman–Crippen MR) is 94.0 cm³/mol. The van der Waals surface area contributed by atoms with Gasteiger partial charge >= 0.3 is 0 Å². The van der Waals surface area contributed by atoms with Gasteiger partial charge in [-0.1, -0.05) is 6.07 Å². The average molecular weight is 339 g/mol. The Kier molecular flexibility index (Phi) is 4.65. The quantitative estimate of drug-likeness (QED) is 0.533. The molecule has 0 atom stereocenters. The van der Waals surface area contributed by atoms with Gasteiger partial charge in [-0.3, -0.25) is 14.9 Å². The van der Waals surface area contributed by atoms with Crippen LogP contribution in [0.2, 0.25) is 0 Å². The number of carbonyl (C=O) groups is 1. The maximum absolute atomic E-state index is 12.2. The molecule has 0 spiro atoms. The summed E-state index contributed by atoms with van der Waals surface area (Å²) in [6, 6.07) is 11.5. The zero-order valence-electron chi connectivity index (χ0n) is 13.6. The van der Waals surface area contributed by atoms with E-state index in [1.54, 1.807) is 13.2 Å². The number of non-ortho nitro benzene ring substituents is 1. The number of hydrogen-bond acceptors (Lipinski definition) is 4. The lowest BCUT2D eigenvalue weighted by atomic mass is 10.1. The molecule has 1 aromatic heterocycles. The van der Waals surface area contributed by atoms with Crippen LogP contribution in [0.5, 0.6) is 5.75 Å². The van der Waals surface area contributed by atoms with Gasteiger partial charge < -0.3 is 15.0 Å². The number of benzene rings is 2. The van der Waals surface area contributed by atoms with E-state index in [9.17, 15) is 14.9 Å². The highest BCUT2D eigenvalue weighted by molar-refractivity contribution is 5.94. The van der Waals surface area contributed by atoms with E-state index in [0.717, 1.165) is 22.2 Å². The van der Waals surface area contributed by atoms with Crippen LogP contribution >= 0.6 is 0 Å². The van der Waals surface area contributed by atoms with Crippen molar-refractivity contribution in [2.24, 2.45) is 0 Å². The Morgan fingerprint density at radius 3 is 2.88 bits per heavy atom. The summed E-state index contributed by atoms with van der Waals surface area (Å²) in [4.78, 5) is 25.6. The molecule has 0 radical (unpaired) electrons. The summed E-state index contributed by atoms with van der Waals surface area (Å²) >= 11 is 0. The number of nitro benzene ring substituents is 1. The minimum absolute atomic E-state index is 0.101. The van der Waals surface area contributed by atoms with E-state index in [2.05, 4.69) is 10.3 Å². The van der Waals surface area contributed by atoms with E-state index in [1.165, 1.54) is 18.2 Å². The number of H-pyrrole nitrogens is 1. The van der Waals surface area contributed by atoms with Gasteiger partial charge in [-0.25, -0.2) is 0 Å². The summed E-state index contributed by atoms with van der Waals surface area (Å²) in [6.45, 7) is 0.422. The fourth-order valence-corrected chi connectivity index (χ4v) is 2.66. The number of fused-ring (bicyclic) bond motifs is 1. The minimum atomic E-state index is -0.518. The summed E-state index contributed by atoms with van der Waals surface area (Å²) < 4.78 is 5.24. The first-order valence-corrected chi connectivity index (χ1v) is 7.75. The number of nitrogens with zero attached hydrogens (tertiary/aromatic N) is 1. The lowest BCUT2D eigenvalue weighted by molar-refractivity contribution is -0.384. The number of rotatable bonds is 6.